The van der Waals surface area contributed by atoms with E-state index in [0.717, 1.165) is 22.5 Å². The second-order valence-electron chi connectivity index (χ2n) is 6.07. The van der Waals surface area contributed by atoms with Gasteiger partial charge in [0.05, 0.1) is 19.2 Å². The Balaban J connectivity index is 1.82. The normalized spacial score (nSPS) is 11.6. The summed E-state index contributed by atoms with van der Waals surface area (Å²) < 4.78 is 10.0. The number of fused-ring (bicyclic) bond motifs is 1. The molecular formula is C20H19N3O5. The van der Waals surface area contributed by atoms with Crippen molar-refractivity contribution in [2.75, 3.05) is 12.4 Å². The number of carboxylic acid groups (broad SMARTS) is 1. The Hall–Kier alpha value is -3.68. The van der Waals surface area contributed by atoms with Gasteiger partial charge in [-0.3, -0.25) is 4.79 Å². The number of ether oxygens (including phenoxy) is 2. The van der Waals surface area contributed by atoms with Crippen LogP contribution in [0, 0.1) is 0 Å². The topological polar surface area (TPSA) is 111 Å². The van der Waals surface area contributed by atoms with Crippen LogP contribution in [0.3, 0.4) is 0 Å². The van der Waals surface area contributed by atoms with Gasteiger partial charge >= 0.3 is 11.9 Å². The van der Waals surface area contributed by atoms with Gasteiger partial charge in [0.15, 0.2) is 11.8 Å². The number of carboxylic acids is 1. The third kappa shape index (κ3) is 4.53. The molecule has 0 fully saturated rings. The number of aromatic nitrogens is 2. The molecule has 2 heterocycles. The smallest absolute Gasteiger partial charge is 0.344 e. The predicted octanol–water partition coefficient (Wildman–Crippen LogP) is 2.94. The molecule has 0 radical (unpaired) electrons. The lowest BCUT2D eigenvalue weighted by Gasteiger charge is -2.11. The van der Waals surface area contributed by atoms with E-state index in [2.05, 4.69) is 15.3 Å². The van der Waals surface area contributed by atoms with Gasteiger partial charge in [-0.1, -0.05) is 0 Å². The van der Waals surface area contributed by atoms with Crippen molar-refractivity contribution in [1.29, 1.82) is 0 Å². The molecule has 0 saturated heterocycles. The molecule has 2 N–H and O–H groups in total. The number of carbonyl (C=O) groups excluding carboxylic acids is 1. The predicted molar refractivity (Wildman–Crippen MR) is 103 cm³/mol. The van der Waals surface area contributed by atoms with E-state index in [-0.39, 0.29) is 6.42 Å². The molecule has 3 rings (SSSR count). The maximum Gasteiger partial charge on any atom is 0.344 e. The number of hydrogen-bond acceptors (Lipinski definition) is 7. The first-order valence-corrected chi connectivity index (χ1v) is 8.53. The number of pyridine rings is 2. The Morgan fingerprint density at radius 1 is 1.18 bits per heavy atom. The van der Waals surface area contributed by atoms with Crippen molar-refractivity contribution in [3.05, 3.63) is 54.4 Å². The van der Waals surface area contributed by atoms with Gasteiger partial charge < -0.3 is 19.9 Å². The van der Waals surface area contributed by atoms with Crippen molar-refractivity contribution < 1.29 is 24.2 Å². The Labute approximate surface area is 161 Å². The van der Waals surface area contributed by atoms with Gasteiger partial charge in [-0.2, -0.15) is 0 Å². The van der Waals surface area contributed by atoms with E-state index in [1.54, 1.807) is 19.4 Å². The summed E-state index contributed by atoms with van der Waals surface area (Å²) >= 11 is 0. The van der Waals surface area contributed by atoms with Crippen LogP contribution in [0.5, 0.6) is 5.75 Å². The fraction of sp³-hybridized carbons (Fsp3) is 0.200. The molecule has 0 spiro atoms. The number of benzene rings is 1. The molecular weight excluding hydrogens is 362 g/mol. The number of carbonyl (C=O) groups is 2. The Bertz CT molecular complexity index is 1000. The fourth-order valence-electron chi connectivity index (χ4n) is 2.57. The van der Waals surface area contributed by atoms with Gasteiger partial charge in [-0.15, -0.1) is 0 Å². The van der Waals surface area contributed by atoms with Crippen molar-refractivity contribution in [2.24, 2.45) is 0 Å². The van der Waals surface area contributed by atoms with Crippen LogP contribution in [0.4, 0.5) is 11.4 Å². The fourth-order valence-corrected chi connectivity index (χ4v) is 2.57. The number of aliphatic carboxylic acids is 1. The van der Waals surface area contributed by atoms with Gasteiger partial charge in [0.25, 0.3) is 0 Å². The minimum atomic E-state index is -1.20. The summed E-state index contributed by atoms with van der Waals surface area (Å²) in [5.74, 6) is -1.08. The molecule has 0 saturated carbocycles. The molecule has 0 aliphatic carbocycles. The molecule has 1 atom stereocenters. The van der Waals surface area contributed by atoms with E-state index >= 15 is 0 Å². The maximum absolute atomic E-state index is 11.9. The Kier molecular flexibility index (Phi) is 5.69. The largest absolute Gasteiger partial charge is 0.497 e. The third-order valence-corrected chi connectivity index (χ3v) is 4.02. The van der Waals surface area contributed by atoms with Crippen LogP contribution in [0.25, 0.3) is 11.0 Å². The number of nitrogens with one attached hydrogen (secondary N) is 1. The monoisotopic (exact) mass is 381 g/mol. The van der Waals surface area contributed by atoms with Gasteiger partial charge in [-0.05, 0) is 48.9 Å². The zero-order valence-corrected chi connectivity index (χ0v) is 15.4. The number of rotatable bonds is 7. The molecule has 0 aliphatic rings. The molecule has 2 aromatic heterocycles. The summed E-state index contributed by atoms with van der Waals surface area (Å²) in [6.07, 6.45) is 1.88. The second kappa shape index (κ2) is 8.34. The minimum absolute atomic E-state index is 0.0859. The molecule has 0 amide bonds. The van der Waals surface area contributed by atoms with Crippen molar-refractivity contribution in [3.8, 4) is 5.75 Å². The van der Waals surface area contributed by atoms with Crippen LogP contribution in [-0.4, -0.2) is 40.2 Å². The summed E-state index contributed by atoms with van der Waals surface area (Å²) in [6.45, 7) is 1.31. The minimum Gasteiger partial charge on any atom is -0.497 e. The highest BCUT2D eigenvalue weighted by atomic mass is 16.6. The molecule has 28 heavy (non-hydrogen) atoms. The highest BCUT2D eigenvalue weighted by Gasteiger charge is 2.17. The number of anilines is 2. The SMILES string of the molecule is COc1ccc(Nc2ccnc3ncc(CC(=O)OC(C)C(=O)O)cc23)cc1. The maximum atomic E-state index is 11.9. The lowest BCUT2D eigenvalue weighted by atomic mass is 10.1. The molecule has 0 aliphatic heterocycles. The standard InChI is InChI=1S/C20H19N3O5/c1-12(20(25)26)28-18(24)10-13-9-16-17(7-8-21-19(16)22-11-13)23-14-3-5-15(27-2)6-4-14/h3-9,11-12H,10H2,1-2H3,(H,25,26)(H,21,22,23). The van der Waals surface area contributed by atoms with E-state index in [0.29, 0.717) is 11.2 Å². The van der Waals surface area contributed by atoms with E-state index in [4.69, 9.17) is 14.6 Å². The number of esters is 1. The van der Waals surface area contributed by atoms with Crippen molar-refractivity contribution in [1.82, 2.24) is 9.97 Å². The highest BCUT2D eigenvalue weighted by molar-refractivity contribution is 5.91. The first-order valence-electron chi connectivity index (χ1n) is 8.53. The quantitative estimate of drug-likeness (QED) is 0.601. The summed E-state index contributed by atoms with van der Waals surface area (Å²) in [6, 6.07) is 11.0. The van der Waals surface area contributed by atoms with Crippen molar-refractivity contribution in [2.45, 2.75) is 19.4 Å². The molecule has 1 unspecified atom stereocenters. The van der Waals surface area contributed by atoms with Crippen LogP contribution in [0.15, 0.2) is 48.8 Å². The zero-order chi connectivity index (χ0) is 20.1. The van der Waals surface area contributed by atoms with E-state index in [9.17, 15) is 9.59 Å². The number of hydrogen-bond donors (Lipinski definition) is 2. The van der Waals surface area contributed by atoms with Crippen molar-refractivity contribution in [3.63, 3.8) is 0 Å². The number of methoxy groups -OCH3 is 1. The van der Waals surface area contributed by atoms with Crippen LogP contribution < -0.4 is 10.1 Å². The summed E-state index contributed by atoms with van der Waals surface area (Å²) in [4.78, 5) is 31.3. The first kappa shape index (κ1) is 19.1. The lowest BCUT2D eigenvalue weighted by molar-refractivity contribution is -0.162. The zero-order valence-electron chi connectivity index (χ0n) is 15.4. The molecule has 3 aromatic rings. The van der Waals surface area contributed by atoms with Crippen LogP contribution in [0.2, 0.25) is 0 Å². The van der Waals surface area contributed by atoms with Crippen molar-refractivity contribution >= 4 is 34.3 Å². The van der Waals surface area contributed by atoms with Gasteiger partial charge in [0.2, 0.25) is 0 Å². The molecule has 144 valence electrons. The summed E-state index contributed by atoms with van der Waals surface area (Å²) in [7, 11) is 1.61. The second-order valence-corrected chi connectivity index (χ2v) is 6.07. The van der Waals surface area contributed by atoms with E-state index in [1.807, 2.05) is 30.3 Å². The highest BCUT2D eigenvalue weighted by Crippen LogP contribution is 2.26. The van der Waals surface area contributed by atoms with Crippen LogP contribution in [0.1, 0.15) is 12.5 Å². The van der Waals surface area contributed by atoms with Gasteiger partial charge in [0.1, 0.15) is 5.75 Å². The lowest BCUT2D eigenvalue weighted by Crippen LogP contribution is -2.24. The average Bonchev–Trinajstić information content (AvgIpc) is 2.69. The Morgan fingerprint density at radius 2 is 1.93 bits per heavy atom. The molecule has 0 bridgehead atoms. The molecule has 1 aromatic carbocycles. The number of nitrogens with zero attached hydrogens (tertiary/aromatic N) is 2. The third-order valence-electron chi connectivity index (χ3n) is 4.02. The van der Waals surface area contributed by atoms with Gasteiger partial charge in [-0.25, -0.2) is 14.8 Å². The van der Waals surface area contributed by atoms with Crippen LogP contribution >= 0.6 is 0 Å². The average molecular weight is 381 g/mol. The molecule has 8 heteroatoms. The first-order chi connectivity index (χ1) is 13.5. The van der Waals surface area contributed by atoms with E-state index < -0.39 is 18.0 Å². The summed E-state index contributed by atoms with van der Waals surface area (Å²) in [5.41, 5.74) is 2.75. The Morgan fingerprint density at radius 3 is 2.61 bits per heavy atom. The van der Waals surface area contributed by atoms with Crippen LogP contribution in [-0.2, 0) is 20.7 Å². The van der Waals surface area contributed by atoms with Gasteiger partial charge in [0, 0.05) is 23.5 Å². The summed E-state index contributed by atoms with van der Waals surface area (Å²) in [5, 5.41) is 12.9. The van der Waals surface area contributed by atoms with E-state index in [1.165, 1.54) is 13.1 Å². The molecule has 8 nitrogen and oxygen atoms in total.